The number of nitrogens with one attached hydrogen (secondary N) is 1. The SMILES string of the molecule is O=C(O)c1cnn(-c2ncnc3nc[nH]c23)c1. The van der Waals surface area contributed by atoms with Crippen molar-refractivity contribution in [3.05, 3.63) is 30.6 Å². The molecule has 0 atom stereocenters. The minimum absolute atomic E-state index is 0.0938. The summed E-state index contributed by atoms with van der Waals surface area (Å²) in [6, 6.07) is 0. The molecule has 0 amide bonds. The Bertz CT molecular complexity index is 700. The molecule has 0 unspecified atom stereocenters. The van der Waals surface area contributed by atoms with Crippen LogP contribution in [0.15, 0.2) is 25.0 Å². The quantitative estimate of drug-likeness (QED) is 0.652. The lowest BCUT2D eigenvalue weighted by Crippen LogP contribution is -2.00. The first kappa shape index (κ1) is 9.46. The number of rotatable bonds is 2. The molecule has 0 radical (unpaired) electrons. The van der Waals surface area contributed by atoms with E-state index in [1.807, 2.05) is 0 Å². The summed E-state index contributed by atoms with van der Waals surface area (Å²) >= 11 is 0. The second-order valence-electron chi connectivity index (χ2n) is 3.28. The number of carbonyl (C=O) groups is 1. The van der Waals surface area contributed by atoms with Crippen LogP contribution in [0.4, 0.5) is 0 Å². The Morgan fingerprint density at radius 3 is 3.00 bits per heavy atom. The van der Waals surface area contributed by atoms with Crippen molar-refractivity contribution in [2.45, 2.75) is 0 Å². The monoisotopic (exact) mass is 230 g/mol. The average molecular weight is 230 g/mol. The molecule has 0 saturated carbocycles. The summed E-state index contributed by atoms with van der Waals surface area (Å²) in [6.45, 7) is 0. The summed E-state index contributed by atoms with van der Waals surface area (Å²) in [6.07, 6.45) is 5.47. The van der Waals surface area contributed by atoms with Crippen molar-refractivity contribution in [2.75, 3.05) is 0 Å². The third kappa shape index (κ3) is 1.42. The maximum absolute atomic E-state index is 10.8. The van der Waals surface area contributed by atoms with Crippen LogP contribution in [-0.2, 0) is 0 Å². The summed E-state index contributed by atoms with van der Waals surface area (Å²) in [5.41, 5.74) is 1.20. The van der Waals surface area contributed by atoms with Crippen molar-refractivity contribution in [1.29, 1.82) is 0 Å². The average Bonchev–Trinajstić information content (AvgIpc) is 2.97. The molecule has 3 heterocycles. The molecule has 0 bridgehead atoms. The molecular weight excluding hydrogens is 224 g/mol. The number of aromatic amines is 1. The van der Waals surface area contributed by atoms with Crippen LogP contribution in [0.3, 0.4) is 0 Å². The minimum Gasteiger partial charge on any atom is -0.478 e. The van der Waals surface area contributed by atoms with Gasteiger partial charge in [0.1, 0.15) is 11.8 Å². The molecule has 17 heavy (non-hydrogen) atoms. The van der Waals surface area contributed by atoms with Crippen LogP contribution >= 0.6 is 0 Å². The van der Waals surface area contributed by atoms with Crippen LogP contribution in [0.5, 0.6) is 0 Å². The molecule has 0 aliphatic heterocycles. The Balaban J connectivity index is 2.19. The molecule has 2 N–H and O–H groups in total. The molecule has 3 aromatic rings. The van der Waals surface area contributed by atoms with E-state index >= 15 is 0 Å². The van der Waals surface area contributed by atoms with Gasteiger partial charge in [-0.25, -0.2) is 24.4 Å². The lowest BCUT2D eigenvalue weighted by molar-refractivity contribution is 0.0697. The van der Waals surface area contributed by atoms with Crippen molar-refractivity contribution < 1.29 is 9.90 Å². The molecule has 3 rings (SSSR count). The second kappa shape index (κ2) is 3.37. The van der Waals surface area contributed by atoms with E-state index in [2.05, 4.69) is 25.0 Å². The van der Waals surface area contributed by atoms with Gasteiger partial charge in [0.05, 0.1) is 18.1 Å². The minimum atomic E-state index is -1.04. The Labute approximate surface area is 94.0 Å². The van der Waals surface area contributed by atoms with Crippen molar-refractivity contribution in [3.8, 4) is 5.82 Å². The van der Waals surface area contributed by atoms with E-state index in [1.54, 1.807) is 0 Å². The summed E-state index contributed by atoms with van der Waals surface area (Å²) in [5.74, 6) is -0.578. The van der Waals surface area contributed by atoms with Crippen molar-refractivity contribution in [1.82, 2.24) is 29.7 Å². The standard InChI is InChI=1S/C9H6N6O2/c16-9(17)5-1-14-15(2-5)8-6-7(11-3-10-6)12-4-13-8/h1-4H,(H,16,17)(H,10,11,12,13). The highest BCUT2D eigenvalue weighted by Crippen LogP contribution is 2.13. The molecule has 0 aromatic carbocycles. The van der Waals surface area contributed by atoms with Crippen LogP contribution < -0.4 is 0 Å². The van der Waals surface area contributed by atoms with Gasteiger partial charge in [-0.3, -0.25) is 0 Å². The Kier molecular flexibility index (Phi) is 1.87. The summed E-state index contributed by atoms with van der Waals surface area (Å²) < 4.78 is 1.37. The van der Waals surface area contributed by atoms with Crippen LogP contribution in [0.25, 0.3) is 17.0 Å². The largest absolute Gasteiger partial charge is 0.478 e. The first-order valence-electron chi connectivity index (χ1n) is 4.68. The van der Waals surface area contributed by atoms with Gasteiger partial charge < -0.3 is 10.1 Å². The summed E-state index contributed by atoms with van der Waals surface area (Å²) in [5, 5.41) is 12.7. The number of fused-ring (bicyclic) bond motifs is 1. The first-order valence-corrected chi connectivity index (χ1v) is 4.68. The molecule has 0 aliphatic rings. The van der Waals surface area contributed by atoms with Crippen LogP contribution in [-0.4, -0.2) is 40.8 Å². The van der Waals surface area contributed by atoms with Gasteiger partial charge in [-0.2, -0.15) is 5.10 Å². The van der Waals surface area contributed by atoms with Crippen molar-refractivity contribution in [2.24, 2.45) is 0 Å². The summed E-state index contributed by atoms with van der Waals surface area (Å²) in [7, 11) is 0. The van der Waals surface area contributed by atoms with Gasteiger partial charge in [0.2, 0.25) is 0 Å². The molecule has 0 spiro atoms. The zero-order chi connectivity index (χ0) is 11.8. The van der Waals surface area contributed by atoms with Gasteiger partial charge in [-0.05, 0) is 0 Å². The number of H-pyrrole nitrogens is 1. The van der Waals surface area contributed by atoms with E-state index in [9.17, 15) is 4.79 Å². The van der Waals surface area contributed by atoms with Crippen LogP contribution in [0.2, 0.25) is 0 Å². The van der Waals surface area contributed by atoms with E-state index in [0.717, 1.165) is 0 Å². The fraction of sp³-hybridized carbons (Fsp3) is 0. The number of hydrogen-bond acceptors (Lipinski definition) is 5. The fourth-order valence-electron chi connectivity index (χ4n) is 1.48. The van der Waals surface area contributed by atoms with Gasteiger partial charge in [0.15, 0.2) is 11.5 Å². The number of nitrogens with zero attached hydrogens (tertiary/aromatic N) is 5. The molecule has 0 saturated heterocycles. The number of carboxylic acids is 1. The highest BCUT2D eigenvalue weighted by atomic mass is 16.4. The predicted molar refractivity (Wildman–Crippen MR) is 55.8 cm³/mol. The van der Waals surface area contributed by atoms with Crippen LogP contribution in [0, 0.1) is 0 Å². The van der Waals surface area contributed by atoms with Crippen LogP contribution in [0.1, 0.15) is 10.4 Å². The normalized spacial score (nSPS) is 10.8. The first-order chi connectivity index (χ1) is 8.25. The number of carboxylic acid groups (broad SMARTS) is 1. The van der Waals surface area contributed by atoms with Gasteiger partial charge >= 0.3 is 5.97 Å². The molecule has 84 valence electrons. The van der Waals surface area contributed by atoms with Gasteiger partial charge in [-0.1, -0.05) is 0 Å². The van der Waals surface area contributed by atoms with E-state index in [4.69, 9.17) is 5.11 Å². The Morgan fingerprint density at radius 2 is 2.24 bits per heavy atom. The molecule has 8 nitrogen and oxygen atoms in total. The Morgan fingerprint density at radius 1 is 1.35 bits per heavy atom. The van der Waals surface area contributed by atoms with E-state index in [1.165, 1.54) is 29.7 Å². The third-order valence-corrected chi connectivity index (χ3v) is 2.25. The molecule has 0 aliphatic carbocycles. The molecule has 3 aromatic heterocycles. The fourth-order valence-corrected chi connectivity index (χ4v) is 1.48. The Hall–Kier alpha value is -2.77. The predicted octanol–water partition coefficient (Wildman–Crippen LogP) is 0.237. The lowest BCUT2D eigenvalue weighted by Gasteiger charge is -1.99. The van der Waals surface area contributed by atoms with Gasteiger partial charge in [0.25, 0.3) is 0 Å². The number of aromatic carboxylic acids is 1. The maximum Gasteiger partial charge on any atom is 0.338 e. The zero-order valence-electron chi connectivity index (χ0n) is 8.40. The maximum atomic E-state index is 10.8. The van der Waals surface area contributed by atoms with Crippen molar-refractivity contribution >= 4 is 17.1 Å². The molecular formula is C9H6N6O2. The van der Waals surface area contributed by atoms with Crippen molar-refractivity contribution in [3.63, 3.8) is 0 Å². The molecule has 0 fully saturated rings. The zero-order valence-corrected chi connectivity index (χ0v) is 8.40. The number of aromatic nitrogens is 6. The second-order valence-corrected chi connectivity index (χ2v) is 3.28. The van der Waals surface area contributed by atoms with E-state index < -0.39 is 5.97 Å². The highest BCUT2D eigenvalue weighted by molar-refractivity contribution is 5.87. The topological polar surface area (TPSA) is 110 Å². The van der Waals surface area contributed by atoms with E-state index in [-0.39, 0.29) is 5.56 Å². The third-order valence-electron chi connectivity index (χ3n) is 2.25. The molecule has 8 heteroatoms. The number of hydrogen-bond donors (Lipinski definition) is 2. The number of imidazole rings is 1. The summed E-state index contributed by atoms with van der Waals surface area (Å²) in [4.78, 5) is 25.6. The lowest BCUT2D eigenvalue weighted by atomic mass is 10.4. The van der Waals surface area contributed by atoms with E-state index in [0.29, 0.717) is 17.0 Å². The smallest absolute Gasteiger partial charge is 0.338 e. The highest BCUT2D eigenvalue weighted by Gasteiger charge is 2.11. The van der Waals surface area contributed by atoms with Gasteiger partial charge in [-0.15, -0.1) is 0 Å². The van der Waals surface area contributed by atoms with Gasteiger partial charge in [0, 0.05) is 6.20 Å².